The van der Waals surface area contributed by atoms with E-state index in [0.29, 0.717) is 0 Å². The maximum absolute atomic E-state index is 7.31. The minimum Gasteiger partial charge on any atom is -0.453 e. The molecule has 1 aromatic heterocycles. The van der Waals surface area contributed by atoms with Crippen LogP contribution in [0, 0.1) is 0 Å². The third kappa shape index (κ3) is 4.85. The third-order valence-corrected chi connectivity index (χ3v) is 15.1. The van der Waals surface area contributed by atoms with Crippen molar-refractivity contribution in [2.45, 2.75) is 24.7 Å². The Kier molecular flexibility index (Phi) is 7.70. The van der Waals surface area contributed by atoms with Gasteiger partial charge < -0.3 is 9.32 Å². The number of hydrogen-bond donors (Lipinski definition) is 0. The lowest BCUT2D eigenvalue weighted by Gasteiger charge is -2.35. The first-order chi connectivity index (χ1) is 32.5. The fraction of sp³-hybridized carbons (Fsp3) is 0.0625. The van der Waals surface area contributed by atoms with Crippen molar-refractivity contribution in [3.8, 4) is 55.6 Å². The molecule has 0 saturated carbocycles. The van der Waals surface area contributed by atoms with Gasteiger partial charge in [-0.15, -0.1) is 0 Å². The second-order valence-corrected chi connectivity index (χ2v) is 18.7. The van der Waals surface area contributed by atoms with Gasteiger partial charge in [0.2, 0.25) is 0 Å². The van der Waals surface area contributed by atoms with Gasteiger partial charge in [0.25, 0.3) is 0 Å². The zero-order valence-corrected chi connectivity index (χ0v) is 36.7. The predicted molar refractivity (Wildman–Crippen MR) is 273 cm³/mol. The van der Waals surface area contributed by atoms with Crippen LogP contribution < -0.4 is 4.90 Å². The number of anilines is 3. The highest BCUT2D eigenvalue weighted by molar-refractivity contribution is 6.14. The highest BCUT2D eigenvalue weighted by Gasteiger charge is 2.54. The molecule has 0 aliphatic heterocycles. The molecule has 0 atom stereocenters. The number of benzene rings is 10. The van der Waals surface area contributed by atoms with Gasteiger partial charge in [0.15, 0.2) is 5.58 Å². The Bertz CT molecular complexity index is 3740. The van der Waals surface area contributed by atoms with Crippen molar-refractivity contribution in [3.63, 3.8) is 0 Å². The third-order valence-electron chi connectivity index (χ3n) is 15.1. The Morgan fingerprint density at radius 3 is 1.48 bits per heavy atom. The summed E-state index contributed by atoms with van der Waals surface area (Å²) in [6.07, 6.45) is 0. The molecule has 0 saturated heterocycles. The van der Waals surface area contributed by atoms with E-state index in [1.54, 1.807) is 0 Å². The molecule has 14 rings (SSSR count). The first-order valence-electron chi connectivity index (χ1n) is 23.1. The molecule has 2 heteroatoms. The average Bonchev–Trinajstić information content (AvgIpc) is 4.07. The first kappa shape index (κ1) is 37.2. The molecule has 1 heterocycles. The van der Waals surface area contributed by atoms with Crippen LogP contribution in [0.2, 0.25) is 0 Å². The molecule has 310 valence electrons. The summed E-state index contributed by atoms with van der Waals surface area (Å²) in [5.41, 5.74) is 24.5. The lowest BCUT2D eigenvalue weighted by Crippen LogP contribution is -2.27. The second kappa shape index (κ2) is 13.7. The van der Waals surface area contributed by atoms with E-state index in [-0.39, 0.29) is 5.41 Å². The first-order valence-corrected chi connectivity index (χ1v) is 23.1. The van der Waals surface area contributed by atoms with E-state index < -0.39 is 5.41 Å². The molecule has 2 nitrogen and oxygen atoms in total. The Balaban J connectivity index is 1.13. The van der Waals surface area contributed by atoms with Gasteiger partial charge in [0.1, 0.15) is 5.58 Å². The summed E-state index contributed by atoms with van der Waals surface area (Å²) in [6.45, 7) is 4.85. The summed E-state index contributed by atoms with van der Waals surface area (Å²) in [7, 11) is 0. The molecule has 0 bridgehead atoms. The van der Waals surface area contributed by atoms with E-state index >= 15 is 0 Å². The molecule has 0 amide bonds. The summed E-state index contributed by atoms with van der Waals surface area (Å²) < 4.78 is 7.31. The summed E-state index contributed by atoms with van der Waals surface area (Å²) in [5.74, 6) is 0. The minimum absolute atomic E-state index is 0.350. The largest absolute Gasteiger partial charge is 0.453 e. The normalized spacial score (nSPS) is 14.2. The zero-order chi connectivity index (χ0) is 43.7. The van der Waals surface area contributed by atoms with Crippen molar-refractivity contribution in [1.29, 1.82) is 0 Å². The van der Waals surface area contributed by atoms with Gasteiger partial charge in [-0.2, -0.15) is 0 Å². The van der Waals surface area contributed by atoms with Crippen LogP contribution in [0.5, 0.6) is 0 Å². The Morgan fingerprint density at radius 2 is 0.833 bits per heavy atom. The fourth-order valence-electron chi connectivity index (χ4n) is 12.4. The molecule has 0 N–H and O–H groups in total. The van der Waals surface area contributed by atoms with Crippen LogP contribution in [-0.2, 0) is 10.8 Å². The summed E-state index contributed by atoms with van der Waals surface area (Å²) in [6, 6.07) is 82.9. The molecule has 10 aromatic carbocycles. The van der Waals surface area contributed by atoms with Crippen LogP contribution in [0.3, 0.4) is 0 Å². The molecule has 66 heavy (non-hydrogen) atoms. The predicted octanol–water partition coefficient (Wildman–Crippen LogP) is 17.0. The van der Waals surface area contributed by atoms with E-state index in [2.05, 4.69) is 243 Å². The van der Waals surface area contributed by atoms with Crippen LogP contribution in [0.4, 0.5) is 17.1 Å². The summed E-state index contributed by atoms with van der Waals surface area (Å²) >= 11 is 0. The fourth-order valence-corrected chi connectivity index (χ4v) is 12.4. The number of para-hydroxylation sites is 2. The molecule has 3 aliphatic carbocycles. The monoisotopic (exact) mass is 841 g/mol. The van der Waals surface area contributed by atoms with E-state index in [4.69, 9.17) is 4.42 Å². The summed E-state index contributed by atoms with van der Waals surface area (Å²) in [4.78, 5) is 2.53. The van der Waals surface area contributed by atoms with Crippen molar-refractivity contribution in [2.75, 3.05) is 4.90 Å². The van der Waals surface area contributed by atoms with Crippen LogP contribution in [0.25, 0.3) is 77.6 Å². The van der Waals surface area contributed by atoms with Crippen molar-refractivity contribution in [1.82, 2.24) is 0 Å². The molecule has 0 unspecified atom stereocenters. The van der Waals surface area contributed by atoms with E-state index in [0.717, 1.165) is 50.1 Å². The van der Waals surface area contributed by atoms with E-state index in [1.165, 1.54) is 77.9 Å². The van der Waals surface area contributed by atoms with Crippen molar-refractivity contribution >= 4 is 39.0 Å². The molecule has 0 fully saturated rings. The van der Waals surface area contributed by atoms with Crippen molar-refractivity contribution in [2.24, 2.45) is 0 Å². The second-order valence-electron chi connectivity index (χ2n) is 18.7. The van der Waals surface area contributed by atoms with Crippen molar-refractivity contribution < 1.29 is 4.42 Å². The average molecular weight is 842 g/mol. The number of nitrogens with zero attached hydrogens (tertiary/aromatic N) is 1. The van der Waals surface area contributed by atoms with Gasteiger partial charge in [0.05, 0.1) is 16.8 Å². The van der Waals surface area contributed by atoms with Gasteiger partial charge in [-0.05, 0) is 108 Å². The number of furan rings is 1. The van der Waals surface area contributed by atoms with Crippen LogP contribution >= 0.6 is 0 Å². The highest BCUT2D eigenvalue weighted by Crippen LogP contribution is 2.68. The number of fused-ring (bicyclic) bond motifs is 17. The van der Waals surface area contributed by atoms with Gasteiger partial charge in [-0.25, -0.2) is 0 Å². The molecule has 1 spiro atoms. The standard InChI is InChI=1S/C64H43NO/c1-63(2)51-30-13-11-25-49(51)59-58-50-26-12-16-33-54(50)64(52-31-14-9-23-45(52)46-24-10-15-32-53(46)64)55(58)39-57(60(59)63)65(43-37-35-41(36-38-43)40-19-5-3-6-20-40)56-34-18-29-48-47-28-17-27-44(61(47)66-62(48)56)42-21-7-4-8-22-42/h3-39H,1-2H3. The lowest BCUT2D eigenvalue weighted by molar-refractivity contribution is 0.658. The highest BCUT2D eigenvalue weighted by atomic mass is 16.3. The van der Waals surface area contributed by atoms with Crippen LogP contribution in [-0.4, -0.2) is 0 Å². The van der Waals surface area contributed by atoms with Gasteiger partial charge >= 0.3 is 0 Å². The maximum Gasteiger partial charge on any atom is 0.159 e. The Morgan fingerprint density at radius 1 is 0.348 bits per heavy atom. The minimum atomic E-state index is -0.538. The van der Waals surface area contributed by atoms with Crippen LogP contribution in [0.1, 0.15) is 47.2 Å². The van der Waals surface area contributed by atoms with E-state index in [9.17, 15) is 0 Å². The van der Waals surface area contributed by atoms with Crippen molar-refractivity contribution in [3.05, 3.63) is 258 Å². The molecule has 3 aliphatic rings. The maximum atomic E-state index is 7.31. The van der Waals surface area contributed by atoms with Gasteiger partial charge in [-0.3, -0.25) is 0 Å². The number of hydrogen-bond acceptors (Lipinski definition) is 2. The van der Waals surface area contributed by atoms with Crippen LogP contribution in [0.15, 0.2) is 229 Å². The molecule has 11 aromatic rings. The smallest absolute Gasteiger partial charge is 0.159 e. The van der Waals surface area contributed by atoms with E-state index in [1.807, 2.05) is 0 Å². The summed E-state index contributed by atoms with van der Waals surface area (Å²) in [5, 5.41) is 2.20. The zero-order valence-electron chi connectivity index (χ0n) is 36.7. The molecular weight excluding hydrogens is 799 g/mol. The topological polar surface area (TPSA) is 16.4 Å². The SMILES string of the molecule is CC1(C)c2ccccc2-c2c3c(cc(N(c4ccc(-c5ccccc5)cc4)c4cccc5c4oc4c(-c6ccccc6)cccc45)c21)C1(c2ccccc2-c2ccccc21)c1ccccc1-3. The Labute approximate surface area is 384 Å². The molecule has 0 radical (unpaired) electrons. The number of rotatable bonds is 5. The Hall–Kier alpha value is -8.20. The lowest BCUT2D eigenvalue weighted by atomic mass is 9.69. The van der Waals surface area contributed by atoms with Gasteiger partial charge in [-0.1, -0.05) is 214 Å². The quantitative estimate of drug-likeness (QED) is 0.172. The molecular formula is C64H43NO. The van der Waals surface area contributed by atoms with Gasteiger partial charge in [0, 0.05) is 27.4 Å².